The molecule has 0 radical (unpaired) electrons. The Kier molecular flexibility index (Phi) is 5.98. The summed E-state index contributed by atoms with van der Waals surface area (Å²) >= 11 is 0. The molecule has 0 aliphatic heterocycles. The quantitative estimate of drug-likeness (QED) is 0.475. The van der Waals surface area contributed by atoms with Crippen molar-refractivity contribution >= 4 is 11.7 Å². The fourth-order valence-electron chi connectivity index (χ4n) is 3.35. The van der Waals surface area contributed by atoms with Crippen LogP contribution in [-0.4, -0.2) is 29.9 Å². The predicted molar refractivity (Wildman–Crippen MR) is 121 cm³/mol. The monoisotopic (exact) mass is 413 g/mol. The van der Waals surface area contributed by atoms with E-state index in [-0.39, 0.29) is 12.3 Å². The summed E-state index contributed by atoms with van der Waals surface area (Å²) in [7, 11) is 3.16. The summed E-state index contributed by atoms with van der Waals surface area (Å²) in [4.78, 5) is 12.8. The molecular weight excluding hydrogens is 390 g/mol. The van der Waals surface area contributed by atoms with Crippen LogP contribution in [0.3, 0.4) is 0 Å². The number of nitrogens with one attached hydrogen (secondary N) is 1. The first-order chi connectivity index (χ1) is 15.2. The number of nitrogens with zero attached hydrogens (tertiary/aromatic N) is 2. The lowest BCUT2D eigenvalue weighted by Crippen LogP contribution is -2.17. The smallest absolute Gasteiger partial charge is 0.229 e. The molecule has 6 nitrogen and oxygen atoms in total. The summed E-state index contributed by atoms with van der Waals surface area (Å²) in [5.74, 6) is 1.68. The molecule has 1 N–H and O–H groups in total. The molecule has 0 unspecified atom stereocenters. The van der Waals surface area contributed by atoms with Crippen LogP contribution < -0.4 is 14.8 Å². The van der Waals surface area contributed by atoms with Crippen molar-refractivity contribution in [3.8, 4) is 28.4 Å². The van der Waals surface area contributed by atoms with E-state index in [1.165, 1.54) is 0 Å². The van der Waals surface area contributed by atoms with Crippen LogP contribution in [0.25, 0.3) is 16.9 Å². The van der Waals surface area contributed by atoms with Crippen molar-refractivity contribution in [3.05, 3.63) is 90.5 Å². The average Bonchev–Trinajstić information content (AvgIpc) is 3.23. The highest BCUT2D eigenvalue weighted by molar-refractivity contribution is 5.92. The van der Waals surface area contributed by atoms with Gasteiger partial charge in [0.2, 0.25) is 5.91 Å². The minimum absolute atomic E-state index is 0.149. The second kappa shape index (κ2) is 9.17. The molecule has 0 aliphatic rings. The van der Waals surface area contributed by atoms with E-state index in [0.29, 0.717) is 17.3 Å². The number of rotatable bonds is 7. The number of methoxy groups -OCH3 is 2. The van der Waals surface area contributed by atoms with Gasteiger partial charge in [-0.2, -0.15) is 5.10 Å². The Morgan fingerprint density at radius 2 is 1.55 bits per heavy atom. The van der Waals surface area contributed by atoms with E-state index in [2.05, 4.69) is 5.32 Å². The van der Waals surface area contributed by atoms with Crippen LogP contribution in [0.4, 0.5) is 5.82 Å². The Bertz CT molecular complexity index is 1170. The zero-order valence-corrected chi connectivity index (χ0v) is 17.4. The molecule has 0 saturated heterocycles. The molecule has 1 heterocycles. The zero-order valence-electron chi connectivity index (χ0n) is 17.4. The first-order valence-corrected chi connectivity index (χ1v) is 9.89. The summed E-state index contributed by atoms with van der Waals surface area (Å²) in [6.07, 6.45) is 0.195. The van der Waals surface area contributed by atoms with Crippen LogP contribution in [0.1, 0.15) is 5.56 Å². The maximum Gasteiger partial charge on any atom is 0.229 e. The van der Waals surface area contributed by atoms with Crippen LogP contribution in [0, 0.1) is 0 Å². The SMILES string of the molecule is COc1ccc(CC(=O)Nc2cc(-c3ccccc3)nn2-c2ccccc2)cc1OC. The van der Waals surface area contributed by atoms with E-state index in [1.54, 1.807) is 25.0 Å². The molecule has 0 spiro atoms. The third-order valence-corrected chi connectivity index (χ3v) is 4.86. The Balaban J connectivity index is 1.61. The van der Waals surface area contributed by atoms with Gasteiger partial charge < -0.3 is 14.8 Å². The predicted octanol–water partition coefficient (Wildman–Crippen LogP) is 4.74. The number of ether oxygens (including phenoxy) is 2. The van der Waals surface area contributed by atoms with Crippen molar-refractivity contribution in [3.63, 3.8) is 0 Å². The van der Waals surface area contributed by atoms with Crippen LogP contribution >= 0.6 is 0 Å². The minimum Gasteiger partial charge on any atom is -0.493 e. The van der Waals surface area contributed by atoms with Gasteiger partial charge in [0, 0.05) is 11.6 Å². The van der Waals surface area contributed by atoms with Crippen molar-refractivity contribution < 1.29 is 14.3 Å². The van der Waals surface area contributed by atoms with Crippen molar-refractivity contribution in [2.75, 3.05) is 19.5 Å². The molecule has 3 aromatic carbocycles. The zero-order chi connectivity index (χ0) is 21.6. The van der Waals surface area contributed by atoms with Gasteiger partial charge in [-0.3, -0.25) is 4.79 Å². The number of para-hydroxylation sites is 1. The molecule has 4 aromatic rings. The second-order valence-corrected chi connectivity index (χ2v) is 6.94. The highest BCUT2D eigenvalue weighted by Gasteiger charge is 2.15. The lowest BCUT2D eigenvalue weighted by molar-refractivity contribution is -0.115. The van der Waals surface area contributed by atoms with Gasteiger partial charge >= 0.3 is 0 Å². The van der Waals surface area contributed by atoms with Gasteiger partial charge in [0.25, 0.3) is 0 Å². The Labute approximate surface area is 181 Å². The molecule has 1 aromatic heterocycles. The standard InChI is InChI=1S/C25H23N3O3/c1-30-22-14-13-18(15-23(22)31-2)16-25(29)26-24-17-21(19-9-5-3-6-10-19)27-28(24)20-11-7-4-8-12-20/h3-15,17H,16H2,1-2H3,(H,26,29). The lowest BCUT2D eigenvalue weighted by atomic mass is 10.1. The van der Waals surface area contributed by atoms with Crippen molar-refractivity contribution in [1.82, 2.24) is 9.78 Å². The number of anilines is 1. The second-order valence-electron chi connectivity index (χ2n) is 6.94. The summed E-state index contributed by atoms with van der Waals surface area (Å²) in [6, 6.07) is 26.9. The maximum absolute atomic E-state index is 12.8. The first kappa shape index (κ1) is 20.2. The van der Waals surface area contributed by atoms with Crippen LogP contribution in [0.2, 0.25) is 0 Å². The van der Waals surface area contributed by atoms with Crippen LogP contribution in [0.15, 0.2) is 84.9 Å². The number of carbonyl (C=O) groups excluding carboxylic acids is 1. The van der Waals surface area contributed by atoms with E-state index < -0.39 is 0 Å². The highest BCUT2D eigenvalue weighted by atomic mass is 16.5. The summed E-state index contributed by atoms with van der Waals surface area (Å²) in [6.45, 7) is 0. The van der Waals surface area contributed by atoms with Crippen LogP contribution in [0.5, 0.6) is 11.5 Å². The van der Waals surface area contributed by atoms with Gasteiger partial charge in [-0.15, -0.1) is 0 Å². The van der Waals surface area contributed by atoms with Gasteiger partial charge in [0.15, 0.2) is 11.5 Å². The molecule has 156 valence electrons. The largest absolute Gasteiger partial charge is 0.493 e. The van der Waals surface area contributed by atoms with Gasteiger partial charge in [-0.05, 0) is 29.8 Å². The normalized spacial score (nSPS) is 10.5. The van der Waals surface area contributed by atoms with Gasteiger partial charge in [0.1, 0.15) is 5.82 Å². The Morgan fingerprint density at radius 3 is 2.23 bits per heavy atom. The lowest BCUT2D eigenvalue weighted by Gasteiger charge is -2.11. The molecule has 1 amide bonds. The van der Waals surface area contributed by atoms with Crippen molar-refractivity contribution in [1.29, 1.82) is 0 Å². The minimum atomic E-state index is -0.149. The third kappa shape index (κ3) is 4.59. The third-order valence-electron chi connectivity index (χ3n) is 4.86. The van der Waals surface area contributed by atoms with Gasteiger partial charge in [0.05, 0.1) is 32.0 Å². The summed E-state index contributed by atoms with van der Waals surface area (Å²) < 4.78 is 12.3. The molecule has 4 rings (SSSR count). The average molecular weight is 413 g/mol. The van der Waals surface area contributed by atoms with Gasteiger partial charge in [-0.25, -0.2) is 4.68 Å². The van der Waals surface area contributed by atoms with E-state index in [1.807, 2.05) is 78.9 Å². The summed E-state index contributed by atoms with van der Waals surface area (Å²) in [5, 5.41) is 7.73. The molecule has 0 fully saturated rings. The van der Waals surface area contributed by atoms with E-state index >= 15 is 0 Å². The molecule has 0 atom stereocenters. The first-order valence-electron chi connectivity index (χ1n) is 9.89. The number of hydrogen-bond acceptors (Lipinski definition) is 4. The van der Waals surface area contributed by atoms with E-state index in [0.717, 1.165) is 22.5 Å². The van der Waals surface area contributed by atoms with Gasteiger partial charge in [-0.1, -0.05) is 54.6 Å². The van der Waals surface area contributed by atoms with E-state index in [4.69, 9.17) is 14.6 Å². The Hall–Kier alpha value is -4.06. The number of hydrogen-bond donors (Lipinski definition) is 1. The molecular formula is C25H23N3O3. The topological polar surface area (TPSA) is 65.4 Å². The van der Waals surface area contributed by atoms with Crippen molar-refractivity contribution in [2.45, 2.75) is 6.42 Å². The maximum atomic E-state index is 12.8. The highest BCUT2D eigenvalue weighted by Crippen LogP contribution is 2.28. The molecule has 0 aliphatic carbocycles. The van der Waals surface area contributed by atoms with Crippen molar-refractivity contribution in [2.24, 2.45) is 0 Å². The number of amides is 1. The molecule has 31 heavy (non-hydrogen) atoms. The molecule has 0 bridgehead atoms. The molecule has 0 saturated carbocycles. The molecule has 6 heteroatoms. The van der Waals surface area contributed by atoms with Crippen LogP contribution in [-0.2, 0) is 11.2 Å². The fraction of sp³-hybridized carbons (Fsp3) is 0.120. The number of carbonyl (C=O) groups is 1. The number of aromatic nitrogens is 2. The Morgan fingerprint density at radius 1 is 0.871 bits per heavy atom. The fourth-order valence-corrected chi connectivity index (χ4v) is 3.35. The summed E-state index contributed by atoms with van der Waals surface area (Å²) in [5.41, 5.74) is 3.45. The number of benzene rings is 3. The van der Waals surface area contributed by atoms with E-state index in [9.17, 15) is 4.79 Å².